The van der Waals surface area contributed by atoms with Crippen molar-refractivity contribution in [2.75, 3.05) is 20.3 Å². The Labute approximate surface area is 118 Å². The molecule has 0 saturated carbocycles. The van der Waals surface area contributed by atoms with Crippen LogP contribution in [0.3, 0.4) is 0 Å². The van der Waals surface area contributed by atoms with Crippen LogP contribution >= 0.6 is 0 Å². The molecule has 0 spiro atoms. The highest BCUT2D eigenvalue weighted by atomic mass is 16.5. The number of nitrogens with zero attached hydrogens (tertiary/aromatic N) is 1. The number of hydrogen-bond donors (Lipinski definition) is 3. The average molecular weight is 276 g/mol. The number of aliphatic hydroxyl groups excluding tert-OH is 2. The van der Waals surface area contributed by atoms with Crippen molar-refractivity contribution in [1.82, 2.24) is 10.3 Å². The molecule has 0 fully saturated rings. The molecule has 20 heavy (non-hydrogen) atoms. The van der Waals surface area contributed by atoms with E-state index < -0.39 is 5.54 Å². The number of rotatable bonds is 6. The van der Waals surface area contributed by atoms with E-state index in [1.54, 1.807) is 14.0 Å². The SMILES string of the molecule is COc1cccc2ccc(CNC(C)(CO)CO)nc12. The van der Waals surface area contributed by atoms with Crippen molar-refractivity contribution in [2.24, 2.45) is 0 Å². The summed E-state index contributed by atoms with van der Waals surface area (Å²) in [5.41, 5.74) is 0.927. The molecule has 5 heteroatoms. The molecule has 108 valence electrons. The number of para-hydroxylation sites is 1. The number of ether oxygens (including phenoxy) is 1. The van der Waals surface area contributed by atoms with Crippen LogP contribution in [0.1, 0.15) is 12.6 Å². The molecule has 0 amide bonds. The molecule has 0 saturated heterocycles. The molecule has 3 N–H and O–H groups in total. The van der Waals surface area contributed by atoms with Gasteiger partial charge in [0.05, 0.1) is 31.6 Å². The lowest BCUT2D eigenvalue weighted by Gasteiger charge is -2.26. The maximum absolute atomic E-state index is 9.25. The summed E-state index contributed by atoms with van der Waals surface area (Å²) in [7, 11) is 1.62. The Morgan fingerprint density at radius 2 is 1.95 bits per heavy atom. The monoisotopic (exact) mass is 276 g/mol. The van der Waals surface area contributed by atoms with Gasteiger partial charge in [0.1, 0.15) is 11.3 Å². The van der Waals surface area contributed by atoms with Gasteiger partial charge >= 0.3 is 0 Å². The van der Waals surface area contributed by atoms with Crippen molar-refractivity contribution in [1.29, 1.82) is 0 Å². The molecule has 0 aliphatic rings. The summed E-state index contributed by atoms with van der Waals surface area (Å²) in [6.07, 6.45) is 0. The van der Waals surface area contributed by atoms with Crippen molar-refractivity contribution in [3.8, 4) is 5.75 Å². The third-order valence-corrected chi connectivity index (χ3v) is 3.36. The first-order valence-corrected chi connectivity index (χ1v) is 6.51. The van der Waals surface area contributed by atoms with Gasteiger partial charge < -0.3 is 20.3 Å². The minimum atomic E-state index is -0.711. The van der Waals surface area contributed by atoms with Crippen LogP contribution in [0.25, 0.3) is 10.9 Å². The summed E-state index contributed by atoms with van der Waals surface area (Å²) < 4.78 is 5.31. The fourth-order valence-electron chi connectivity index (χ4n) is 1.89. The Morgan fingerprint density at radius 3 is 2.60 bits per heavy atom. The van der Waals surface area contributed by atoms with Gasteiger partial charge in [0.25, 0.3) is 0 Å². The first-order chi connectivity index (χ1) is 9.61. The molecule has 0 radical (unpaired) electrons. The van der Waals surface area contributed by atoms with Gasteiger partial charge in [-0.25, -0.2) is 4.98 Å². The second kappa shape index (κ2) is 6.17. The van der Waals surface area contributed by atoms with E-state index >= 15 is 0 Å². The van der Waals surface area contributed by atoms with Crippen molar-refractivity contribution >= 4 is 10.9 Å². The Balaban J connectivity index is 2.23. The fraction of sp³-hybridized carbons (Fsp3) is 0.400. The zero-order valence-electron chi connectivity index (χ0n) is 11.8. The second-order valence-electron chi connectivity index (χ2n) is 5.07. The van der Waals surface area contributed by atoms with Crippen LogP contribution in [0.2, 0.25) is 0 Å². The maximum atomic E-state index is 9.25. The highest BCUT2D eigenvalue weighted by Crippen LogP contribution is 2.23. The number of methoxy groups -OCH3 is 1. The van der Waals surface area contributed by atoms with Crippen molar-refractivity contribution < 1.29 is 14.9 Å². The molecule has 0 unspecified atom stereocenters. The third kappa shape index (κ3) is 3.07. The normalized spacial score (nSPS) is 11.8. The van der Waals surface area contributed by atoms with Gasteiger partial charge in [-0.15, -0.1) is 0 Å². The molecule has 1 aromatic heterocycles. The molecular formula is C15H20N2O3. The van der Waals surface area contributed by atoms with E-state index in [0.717, 1.165) is 22.3 Å². The predicted octanol–water partition coefficient (Wildman–Crippen LogP) is 1.08. The number of pyridine rings is 1. The van der Waals surface area contributed by atoms with E-state index in [-0.39, 0.29) is 13.2 Å². The zero-order chi connectivity index (χ0) is 14.6. The van der Waals surface area contributed by atoms with E-state index in [1.807, 2.05) is 30.3 Å². The Morgan fingerprint density at radius 1 is 1.20 bits per heavy atom. The summed E-state index contributed by atoms with van der Waals surface area (Å²) in [6, 6.07) is 9.68. The number of aliphatic hydroxyl groups is 2. The smallest absolute Gasteiger partial charge is 0.145 e. The minimum Gasteiger partial charge on any atom is -0.494 e. The number of hydrogen-bond acceptors (Lipinski definition) is 5. The standard InChI is InChI=1S/C15H20N2O3/c1-15(9-18,10-19)16-8-12-7-6-11-4-3-5-13(20-2)14(11)17-12/h3-7,16,18-19H,8-10H2,1-2H3. The van der Waals surface area contributed by atoms with Crippen molar-refractivity contribution in [3.63, 3.8) is 0 Å². The van der Waals surface area contributed by atoms with Crippen LogP contribution in [0.4, 0.5) is 0 Å². The van der Waals surface area contributed by atoms with Gasteiger partial charge in [0.15, 0.2) is 0 Å². The van der Waals surface area contributed by atoms with Gasteiger partial charge in [0.2, 0.25) is 0 Å². The number of benzene rings is 1. The summed E-state index contributed by atoms with van der Waals surface area (Å²) in [5.74, 6) is 0.733. The number of aromatic nitrogens is 1. The first-order valence-electron chi connectivity index (χ1n) is 6.51. The lowest BCUT2D eigenvalue weighted by molar-refractivity contribution is 0.103. The van der Waals surface area contributed by atoms with E-state index in [2.05, 4.69) is 10.3 Å². The summed E-state index contributed by atoms with van der Waals surface area (Å²) in [4.78, 5) is 4.57. The lowest BCUT2D eigenvalue weighted by Crippen LogP contribution is -2.48. The van der Waals surface area contributed by atoms with Crippen molar-refractivity contribution in [3.05, 3.63) is 36.0 Å². The first kappa shape index (κ1) is 14.7. The molecule has 5 nitrogen and oxygen atoms in total. The van der Waals surface area contributed by atoms with Crippen LogP contribution in [0, 0.1) is 0 Å². The number of nitrogens with one attached hydrogen (secondary N) is 1. The van der Waals surface area contributed by atoms with Gasteiger partial charge in [-0.3, -0.25) is 0 Å². The van der Waals surface area contributed by atoms with Crippen molar-refractivity contribution in [2.45, 2.75) is 19.0 Å². The van der Waals surface area contributed by atoms with Crippen LogP contribution < -0.4 is 10.1 Å². The van der Waals surface area contributed by atoms with Gasteiger partial charge in [0, 0.05) is 11.9 Å². The predicted molar refractivity (Wildman–Crippen MR) is 77.7 cm³/mol. The zero-order valence-corrected chi connectivity index (χ0v) is 11.8. The Bertz CT molecular complexity index is 582. The number of fused-ring (bicyclic) bond motifs is 1. The lowest BCUT2D eigenvalue weighted by atomic mass is 10.1. The highest BCUT2D eigenvalue weighted by molar-refractivity contribution is 5.84. The van der Waals surface area contributed by atoms with Crippen LogP contribution in [0.15, 0.2) is 30.3 Å². The molecule has 0 bridgehead atoms. The second-order valence-corrected chi connectivity index (χ2v) is 5.07. The van der Waals surface area contributed by atoms with Crippen LogP contribution in [0.5, 0.6) is 5.75 Å². The summed E-state index contributed by atoms with van der Waals surface area (Å²) >= 11 is 0. The Kier molecular flexibility index (Phi) is 4.54. The summed E-state index contributed by atoms with van der Waals surface area (Å²) in [6.45, 7) is 1.95. The maximum Gasteiger partial charge on any atom is 0.145 e. The van der Waals surface area contributed by atoms with Crippen LogP contribution in [-0.2, 0) is 6.54 Å². The Hall–Kier alpha value is -1.69. The molecule has 0 aliphatic carbocycles. The van der Waals surface area contributed by atoms with Gasteiger partial charge in [-0.1, -0.05) is 18.2 Å². The molecule has 2 aromatic rings. The van der Waals surface area contributed by atoms with E-state index in [9.17, 15) is 10.2 Å². The third-order valence-electron chi connectivity index (χ3n) is 3.36. The van der Waals surface area contributed by atoms with E-state index in [4.69, 9.17) is 4.74 Å². The van der Waals surface area contributed by atoms with Gasteiger partial charge in [-0.05, 0) is 19.1 Å². The quantitative estimate of drug-likeness (QED) is 0.736. The highest BCUT2D eigenvalue weighted by Gasteiger charge is 2.21. The molecule has 1 heterocycles. The van der Waals surface area contributed by atoms with E-state index in [0.29, 0.717) is 6.54 Å². The summed E-state index contributed by atoms with van der Waals surface area (Å²) in [5, 5.41) is 22.6. The minimum absolute atomic E-state index is 0.138. The molecular weight excluding hydrogens is 256 g/mol. The largest absolute Gasteiger partial charge is 0.494 e. The van der Waals surface area contributed by atoms with Gasteiger partial charge in [-0.2, -0.15) is 0 Å². The molecule has 0 aliphatic heterocycles. The van der Waals surface area contributed by atoms with E-state index in [1.165, 1.54) is 0 Å². The topological polar surface area (TPSA) is 74.6 Å². The fourth-order valence-corrected chi connectivity index (χ4v) is 1.89. The molecule has 2 rings (SSSR count). The molecule has 1 aromatic carbocycles. The average Bonchev–Trinajstić information content (AvgIpc) is 2.51. The van der Waals surface area contributed by atoms with Crippen LogP contribution in [-0.4, -0.2) is 41.1 Å². The molecule has 0 atom stereocenters.